The van der Waals surface area contributed by atoms with Gasteiger partial charge in [-0.05, 0) is 6.42 Å². The molecule has 0 amide bonds. The molecule has 2 nitrogen and oxygen atoms in total. The van der Waals surface area contributed by atoms with Crippen molar-refractivity contribution in [3.05, 3.63) is 6.57 Å². The van der Waals surface area contributed by atoms with E-state index in [9.17, 15) is 0 Å². The molecule has 3 heteroatoms. The molecule has 0 aromatic heterocycles. The van der Waals surface area contributed by atoms with E-state index in [2.05, 4.69) is 6.92 Å². The van der Waals surface area contributed by atoms with E-state index in [1.807, 2.05) is 0 Å². The molecule has 0 aromatic carbocycles. The van der Waals surface area contributed by atoms with Gasteiger partial charge in [-0.15, -0.1) is 0 Å². The van der Waals surface area contributed by atoms with Crippen LogP contribution < -0.4 is 0 Å². The molecule has 0 aliphatic heterocycles. The SMILES string of the molecule is CCCCO.[C-]#N.[Co]. The standard InChI is InChI=1S/C4H10O.CN.Co/c1-2-3-4-5;1-2;/h5H,2-4H2,1H3;;/q;-1;. The Morgan fingerprint density at radius 2 is 1.88 bits per heavy atom. The van der Waals surface area contributed by atoms with E-state index in [1.54, 1.807) is 0 Å². The zero-order valence-corrected chi connectivity index (χ0v) is 5.89. The summed E-state index contributed by atoms with van der Waals surface area (Å²) in [5.74, 6) is 0. The van der Waals surface area contributed by atoms with Crippen molar-refractivity contribution in [1.29, 1.82) is 5.26 Å². The Hall–Kier alpha value is -0.0435. The Bertz CT molecular complexity index is 36.7. The summed E-state index contributed by atoms with van der Waals surface area (Å²) in [6.07, 6.45) is 2.04. The molecule has 0 aliphatic rings. The van der Waals surface area contributed by atoms with Gasteiger partial charge in [0.1, 0.15) is 0 Å². The predicted molar refractivity (Wildman–Crippen MR) is 27.0 cm³/mol. The van der Waals surface area contributed by atoms with E-state index in [0.29, 0.717) is 6.61 Å². The molecule has 0 saturated heterocycles. The predicted octanol–water partition coefficient (Wildman–Crippen LogP) is 0.873. The molecule has 51 valence electrons. The van der Waals surface area contributed by atoms with Gasteiger partial charge in [-0.1, -0.05) is 13.3 Å². The minimum absolute atomic E-state index is 0. The summed E-state index contributed by atoms with van der Waals surface area (Å²) in [7, 11) is 0. The molecular weight excluding hydrogens is 149 g/mol. The van der Waals surface area contributed by atoms with Crippen LogP contribution in [-0.2, 0) is 16.8 Å². The summed E-state index contributed by atoms with van der Waals surface area (Å²) in [6, 6.07) is 0. The first-order valence-corrected chi connectivity index (χ1v) is 2.25. The molecule has 0 saturated carbocycles. The monoisotopic (exact) mass is 159 g/mol. The number of rotatable bonds is 2. The van der Waals surface area contributed by atoms with E-state index in [4.69, 9.17) is 16.9 Å². The quantitative estimate of drug-likeness (QED) is 0.607. The smallest absolute Gasteiger partial charge is 0.0430 e. The van der Waals surface area contributed by atoms with Gasteiger partial charge in [0.15, 0.2) is 0 Å². The first kappa shape index (κ1) is 15.7. The Morgan fingerprint density at radius 1 is 1.50 bits per heavy atom. The van der Waals surface area contributed by atoms with Crippen molar-refractivity contribution in [3.63, 3.8) is 0 Å². The molecule has 0 heterocycles. The zero-order chi connectivity index (χ0) is 6.12. The second-order valence-corrected chi connectivity index (χ2v) is 1.08. The second-order valence-electron chi connectivity index (χ2n) is 1.08. The topological polar surface area (TPSA) is 44.0 Å². The van der Waals surface area contributed by atoms with Crippen LogP contribution in [0.4, 0.5) is 0 Å². The fourth-order valence-electron chi connectivity index (χ4n) is 0.158. The van der Waals surface area contributed by atoms with E-state index < -0.39 is 0 Å². The van der Waals surface area contributed by atoms with Gasteiger partial charge >= 0.3 is 0 Å². The second kappa shape index (κ2) is 28.2. The summed E-state index contributed by atoms with van der Waals surface area (Å²) in [4.78, 5) is 0. The van der Waals surface area contributed by atoms with Gasteiger partial charge in [0.2, 0.25) is 0 Å². The van der Waals surface area contributed by atoms with Crippen molar-refractivity contribution in [2.24, 2.45) is 0 Å². The number of nitrogens with zero attached hydrogens (tertiary/aromatic N) is 1. The maximum atomic E-state index is 8.07. The summed E-state index contributed by atoms with van der Waals surface area (Å²) in [6.45, 7) is 7.15. The Balaban J connectivity index is -0.0000000750. The van der Waals surface area contributed by atoms with Crippen LogP contribution in [0.5, 0.6) is 0 Å². The molecule has 0 aliphatic carbocycles. The van der Waals surface area contributed by atoms with Crippen LogP contribution in [0.1, 0.15) is 19.8 Å². The molecule has 0 fully saturated rings. The number of aliphatic hydroxyl groups excluding tert-OH is 1. The van der Waals surface area contributed by atoms with E-state index in [1.165, 1.54) is 0 Å². The molecule has 0 bridgehead atoms. The third kappa shape index (κ3) is 38.2. The molecule has 1 radical (unpaired) electrons. The van der Waals surface area contributed by atoms with Gasteiger partial charge < -0.3 is 16.9 Å². The molecule has 0 atom stereocenters. The molecule has 0 aromatic rings. The molecule has 8 heavy (non-hydrogen) atoms. The van der Waals surface area contributed by atoms with E-state index >= 15 is 0 Å². The van der Waals surface area contributed by atoms with Gasteiger partial charge in [0, 0.05) is 23.4 Å². The maximum Gasteiger partial charge on any atom is 0.0430 e. The van der Waals surface area contributed by atoms with Crippen molar-refractivity contribution >= 4 is 0 Å². The number of aliphatic hydroxyl groups is 1. The van der Waals surface area contributed by atoms with E-state index in [-0.39, 0.29) is 16.8 Å². The average molecular weight is 159 g/mol. The summed E-state index contributed by atoms with van der Waals surface area (Å²) < 4.78 is 0. The van der Waals surface area contributed by atoms with Crippen molar-refractivity contribution in [1.82, 2.24) is 0 Å². The molecule has 0 rings (SSSR count). The summed E-state index contributed by atoms with van der Waals surface area (Å²) in [5, 5.41) is 14.3. The fourth-order valence-corrected chi connectivity index (χ4v) is 0.158. The maximum absolute atomic E-state index is 8.07. The van der Waals surface area contributed by atoms with Crippen LogP contribution in [0, 0.1) is 11.8 Å². The summed E-state index contributed by atoms with van der Waals surface area (Å²) >= 11 is 0. The minimum Gasteiger partial charge on any atom is -0.512 e. The van der Waals surface area contributed by atoms with Crippen LogP contribution in [-0.4, -0.2) is 11.7 Å². The van der Waals surface area contributed by atoms with Crippen LogP contribution in [0.2, 0.25) is 0 Å². The normalized spacial score (nSPS) is 5.50. The molecular formula is C5H10CoNO-. The number of hydrogen-bond acceptors (Lipinski definition) is 2. The van der Waals surface area contributed by atoms with Gasteiger partial charge in [-0.3, -0.25) is 0 Å². The third-order valence-electron chi connectivity index (χ3n) is 0.512. The molecule has 0 spiro atoms. The largest absolute Gasteiger partial charge is 0.512 e. The Morgan fingerprint density at radius 3 is 1.88 bits per heavy atom. The average Bonchev–Trinajstić information content (AvgIpc) is 1.75. The Kier molecular flexibility index (Phi) is 55.3. The van der Waals surface area contributed by atoms with Crippen LogP contribution in [0.25, 0.3) is 0 Å². The van der Waals surface area contributed by atoms with Crippen LogP contribution in [0.15, 0.2) is 0 Å². The van der Waals surface area contributed by atoms with Crippen molar-refractivity contribution < 1.29 is 21.9 Å². The van der Waals surface area contributed by atoms with E-state index in [0.717, 1.165) is 12.8 Å². The first-order chi connectivity index (χ1) is 3.41. The molecule has 0 unspecified atom stereocenters. The summed E-state index contributed by atoms with van der Waals surface area (Å²) in [5.41, 5.74) is 0. The van der Waals surface area contributed by atoms with Gasteiger partial charge in [-0.2, -0.15) is 0 Å². The van der Waals surface area contributed by atoms with Crippen LogP contribution >= 0.6 is 0 Å². The molecule has 1 N–H and O–H groups in total. The van der Waals surface area contributed by atoms with Crippen molar-refractivity contribution in [2.45, 2.75) is 19.8 Å². The first-order valence-electron chi connectivity index (χ1n) is 2.25. The van der Waals surface area contributed by atoms with Crippen molar-refractivity contribution in [3.8, 4) is 0 Å². The Labute approximate surface area is 60.7 Å². The van der Waals surface area contributed by atoms with Crippen LogP contribution in [0.3, 0.4) is 0 Å². The zero-order valence-electron chi connectivity index (χ0n) is 4.85. The van der Waals surface area contributed by atoms with Gasteiger partial charge in [-0.25, -0.2) is 0 Å². The van der Waals surface area contributed by atoms with Gasteiger partial charge in [0.05, 0.1) is 0 Å². The van der Waals surface area contributed by atoms with Gasteiger partial charge in [0.25, 0.3) is 0 Å². The minimum atomic E-state index is 0. The number of hydrogen-bond donors (Lipinski definition) is 1. The van der Waals surface area contributed by atoms with Crippen molar-refractivity contribution in [2.75, 3.05) is 6.61 Å². The third-order valence-corrected chi connectivity index (χ3v) is 0.512. The number of unbranched alkanes of at least 4 members (excludes halogenated alkanes) is 1. The fraction of sp³-hybridized carbons (Fsp3) is 0.800.